The first-order chi connectivity index (χ1) is 7.95. The molecule has 0 aromatic heterocycles. The van der Waals surface area contributed by atoms with Gasteiger partial charge < -0.3 is 10.2 Å². The fourth-order valence-electron chi connectivity index (χ4n) is 2.25. The fraction of sp³-hybridized carbons (Fsp3) is 0.923. The van der Waals surface area contributed by atoms with Gasteiger partial charge in [0.15, 0.2) is 5.96 Å². The third-order valence-corrected chi connectivity index (χ3v) is 3.42. The Morgan fingerprint density at radius 3 is 2.47 bits per heavy atom. The van der Waals surface area contributed by atoms with E-state index in [0.717, 1.165) is 19.0 Å². The van der Waals surface area contributed by atoms with Gasteiger partial charge in [0.2, 0.25) is 0 Å². The predicted octanol–water partition coefficient (Wildman–Crippen LogP) is 1.24. The van der Waals surface area contributed by atoms with Gasteiger partial charge in [-0.25, -0.2) is 0 Å². The molecule has 0 aromatic carbocycles. The van der Waals surface area contributed by atoms with Crippen molar-refractivity contribution in [1.29, 1.82) is 0 Å². The number of hydrogen-bond donors (Lipinski definition) is 1. The number of nitrogens with one attached hydrogen (secondary N) is 1. The minimum Gasteiger partial charge on any atom is -0.352 e. The smallest absolute Gasteiger partial charge is 0.193 e. The van der Waals surface area contributed by atoms with Gasteiger partial charge in [0, 0.05) is 45.8 Å². The molecule has 0 aromatic rings. The quantitative estimate of drug-likeness (QED) is 0.595. The first-order valence-corrected chi connectivity index (χ1v) is 6.68. The Bertz CT molecular complexity index is 260. The van der Waals surface area contributed by atoms with Crippen molar-refractivity contribution in [2.75, 3.05) is 33.7 Å². The molecule has 17 heavy (non-hydrogen) atoms. The summed E-state index contributed by atoms with van der Waals surface area (Å²) in [6.45, 7) is 12.1. The van der Waals surface area contributed by atoms with Gasteiger partial charge in [0.1, 0.15) is 0 Å². The molecule has 1 fully saturated rings. The molecule has 2 atom stereocenters. The molecule has 0 amide bonds. The van der Waals surface area contributed by atoms with Crippen molar-refractivity contribution in [3.05, 3.63) is 0 Å². The van der Waals surface area contributed by atoms with Gasteiger partial charge in [-0.1, -0.05) is 6.92 Å². The molecule has 1 aliphatic rings. The van der Waals surface area contributed by atoms with Gasteiger partial charge >= 0.3 is 0 Å². The maximum absolute atomic E-state index is 4.50. The highest BCUT2D eigenvalue weighted by atomic mass is 15.3. The topological polar surface area (TPSA) is 30.9 Å². The predicted molar refractivity (Wildman–Crippen MR) is 74.5 cm³/mol. The van der Waals surface area contributed by atoms with Crippen LogP contribution < -0.4 is 5.32 Å². The zero-order chi connectivity index (χ0) is 13.0. The maximum atomic E-state index is 4.50. The maximum Gasteiger partial charge on any atom is 0.193 e. The lowest BCUT2D eigenvalue weighted by Crippen LogP contribution is -2.46. The first-order valence-electron chi connectivity index (χ1n) is 6.68. The number of rotatable bonds is 3. The number of aliphatic imine (C=N–C) groups is 1. The summed E-state index contributed by atoms with van der Waals surface area (Å²) in [7, 11) is 4.09. The van der Waals surface area contributed by atoms with Crippen LogP contribution in [-0.4, -0.2) is 61.6 Å². The van der Waals surface area contributed by atoms with Crippen LogP contribution in [0.3, 0.4) is 0 Å². The molecule has 0 aliphatic carbocycles. The van der Waals surface area contributed by atoms with Crippen LogP contribution in [0.1, 0.15) is 27.7 Å². The minimum atomic E-state index is 0.519. The van der Waals surface area contributed by atoms with E-state index in [0.29, 0.717) is 18.0 Å². The Morgan fingerprint density at radius 2 is 2.06 bits per heavy atom. The fourth-order valence-corrected chi connectivity index (χ4v) is 2.25. The molecule has 4 heteroatoms. The van der Waals surface area contributed by atoms with Crippen molar-refractivity contribution < 1.29 is 0 Å². The number of hydrogen-bond acceptors (Lipinski definition) is 2. The van der Waals surface area contributed by atoms with Crippen molar-refractivity contribution in [2.24, 2.45) is 10.9 Å². The monoisotopic (exact) mass is 240 g/mol. The van der Waals surface area contributed by atoms with E-state index in [1.807, 2.05) is 14.1 Å². The third kappa shape index (κ3) is 3.87. The lowest BCUT2D eigenvalue weighted by Gasteiger charge is -2.24. The van der Waals surface area contributed by atoms with Crippen LogP contribution in [0.2, 0.25) is 0 Å². The molecule has 0 radical (unpaired) electrons. The lowest BCUT2D eigenvalue weighted by molar-refractivity contribution is 0.265. The highest BCUT2D eigenvalue weighted by Gasteiger charge is 2.31. The average Bonchev–Trinajstić information content (AvgIpc) is 2.59. The normalized spacial score (nSPS) is 26.6. The second-order valence-electron chi connectivity index (χ2n) is 5.47. The van der Waals surface area contributed by atoms with Gasteiger partial charge in [-0.3, -0.25) is 9.89 Å². The summed E-state index contributed by atoms with van der Waals surface area (Å²) in [5.41, 5.74) is 0. The number of guanidine groups is 1. The Balaban J connectivity index is 2.59. The largest absolute Gasteiger partial charge is 0.352 e. The second kappa shape index (κ2) is 6.24. The van der Waals surface area contributed by atoms with E-state index >= 15 is 0 Å². The molecule has 1 saturated heterocycles. The van der Waals surface area contributed by atoms with E-state index in [-0.39, 0.29) is 0 Å². The highest BCUT2D eigenvalue weighted by molar-refractivity contribution is 5.79. The van der Waals surface area contributed by atoms with E-state index < -0.39 is 0 Å². The Labute approximate surface area is 106 Å². The standard InChI is InChI=1S/C13H28N4/c1-7-14-13(16(5)6)15-12-9-17(10(2)3)8-11(12)4/h10-12H,7-9H2,1-6H3,(H,14,15). The van der Waals surface area contributed by atoms with Gasteiger partial charge in [0.05, 0.1) is 0 Å². The molecule has 0 saturated carbocycles. The summed E-state index contributed by atoms with van der Waals surface area (Å²) in [5.74, 6) is 1.69. The van der Waals surface area contributed by atoms with Crippen LogP contribution in [-0.2, 0) is 0 Å². The number of likely N-dealkylation sites (tertiary alicyclic amines) is 1. The molecule has 100 valence electrons. The van der Waals surface area contributed by atoms with Crippen LogP contribution in [0.15, 0.2) is 4.99 Å². The minimum absolute atomic E-state index is 0.519. The number of nitrogens with zero attached hydrogens (tertiary/aromatic N) is 3. The highest BCUT2D eigenvalue weighted by Crippen LogP contribution is 2.18. The summed E-state index contributed by atoms with van der Waals surface area (Å²) < 4.78 is 0. The van der Waals surface area contributed by atoms with Crippen LogP contribution in [0, 0.1) is 5.92 Å². The molecule has 1 heterocycles. The zero-order valence-electron chi connectivity index (χ0n) is 12.2. The molecule has 0 bridgehead atoms. The molecule has 1 N–H and O–H groups in total. The second-order valence-corrected chi connectivity index (χ2v) is 5.47. The van der Waals surface area contributed by atoms with Crippen LogP contribution in [0.4, 0.5) is 0 Å². The van der Waals surface area contributed by atoms with Crippen molar-refractivity contribution in [3.8, 4) is 0 Å². The Morgan fingerprint density at radius 1 is 1.41 bits per heavy atom. The third-order valence-electron chi connectivity index (χ3n) is 3.42. The molecular formula is C13H28N4. The van der Waals surface area contributed by atoms with E-state index in [2.05, 4.69) is 47.8 Å². The SMILES string of the molecule is CCN=C(NC1CN(C(C)C)CC1C)N(C)C. The average molecular weight is 240 g/mol. The summed E-state index contributed by atoms with van der Waals surface area (Å²) in [5, 5.41) is 3.59. The van der Waals surface area contributed by atoms with E-state index in [1.165, 1.54) is 6.54 Å². The molecule has 1 rings (SSSR count). The van der Waals surface area contributed by atoms with Crippen LogP contribution in [0.5, 0.6) is 0 Å². The van der Waals surface area contributed by atoms with E-state index in [1.54, 1.807) is 0 Å². The zero-order valence-corrected chi connectivity index (χ0v) is 12.2. The Hall–Kier alpha value is -0.770. The van der Waals surface area contributed by atoms with Gasteiger partial charge in [-0.05, 0) is 26.7 Å². The molecule has 1 aliphatic heterocycles. The first kappa shape index (κ1) is 14.3. The van der Waals surface area contributed by atoms with E-state index in [4.69, 9.17) is 0 Å². The Kier molecular flexibility index (Phi) is 5.25. The van der Waals surface area contributed by atoms with Gasteiger partial charge in [-0.15, -0.1) is 0 Å². The molecule has 2 unspecified atom stereocenters. The summed E-state index contributed by atoms with van der Waals surface area (Å²) >= 11 is 0. The summed E-state index contributed by atoms with van der Waals surface area (Å²) in [4.78, 5) is 9.10. The molecule has 0 spiro atoms. The summed E-state index contributed by atoms with van der Waals surface area (Å²) in [6.07, 6.45) is 0. The molecular weight excluding hydrogens is 212 g/mol. The van der Waals surface area contributed by atoms with Gasteiger partial charge in [0.25, 0.3) is 0 Å². The van der Waals surface area contributed by atoms with Crippen molar-refractivity contribution in [3.63, 3.8) is 0 Å². The van der Waals surface area contributed by atoms with Crippen LogP contribution in [0.25, 0.3) is 0 Å². The van der Waals surface area contributed by atoms with E-state index in [9.17, 15) is 0 Å². The van der Waals surface area contributed by atoms with Crippen molar-refractivity contribution in [2.45, 2.75) is 39.8 Å². The van der Waals surface area contributed by atoms with Crippen LogP contribution >= 0.6 is 0 Å². The summed E-state index contributed by atoms with van der Waals surface area (Å²) in [6, 6.07) is 1.15. The van der Waals surface area contributed by atoms with Gasteiger partial charge in [-0.2, -0.15) is 0 Å². The molecule has 4 nitrogen and oxygen atoms in total. The lowest BCUT2D eigenvalue weighted by atomic mass is 10.1. The van der Waals surface area contributed by atoms with Crippen molar-refractivity contribution >= 4 is 5.96 Å². The van der Waals surface area contributed by atoms with Crippen molar-refractivity contribution in [1.82, 2.24) is 15.1 Å².